The Bertz CT molecular complexity index is 2550. The van der Waals surface area contributed by atoms with Crippen LogP contribution in [0, 0.1) is 0 Å². The van der Waals surface area contributed by atoms with E-state index in [2.05, 4.69) is 194 Å². The van der Waals surface area contributed by atoms with Gasteiger partial charge in [-0.1, -0.05) is 188 Å². The lowest BCUT2D eigenvalue weighted by Gasteiger charge is -2.19. The molecule has 0 nitrogen and oxygen atoms in total. The first-order valence-corrected chi connectivity index (χ1v) is 16.6. The van der Waals surface area contributed by atoms with Gasteiger partial charge in [0.1, 0.15) is 0 Å². The van der Waals surface area contributed by atoms with E-state index in [1.807, 2.05) is 0 Å². The van der Waals surface area contributed by atoms with E-state index in [9.17, 15) is 0 Å². The summed E-state index contributed by atoms with van der Waals surface area (Å²) in [4.78, 5) is 0. The third kappa shape index (κ3) is 4.87. The van der Waals surface area contributed by atoms with Gasteiger partial charge in [0, 0.05) is 0 Å². The smallest absolute Gasteiger partial charge is 0.00261 e. The van der Waals surface area contributed by atoms with Crippen molar-refractivity contribution in [3.05, 3.63) is 194 Å². The molecule has 0 aliphatic carbocycles. The van der Waals surface area contributed by atoms with Crippen molar-refractivity contribution in [2.24, 2.45) is 0 Å². The number of benzene rings is 9. The lowest BCUT2D eigenvalue weighted by molar-refractivity contribution is 1.60. The summed E-state index contributed by atoms with van der Waals surface area (Å²) in [6.45, 7) is 0. The third-order valence-corrected chi connectivity index (χ3v) is 9.69. The van der Waals surface area contributed by atoms with Gasteiger partial charge in [0.2, 0.25) is 0 Å². The zero-order chi connectivity index (χ0) is 31.9. The van der Waals surface area contributed by atoms with Crippen molar-refractivity contribution in [1.29, 1.82) is 0 Å². The van der Waals surface area contributed by atoms with Crippen LogP contribution in [-0.4, -0.2) is 0 Å². The lowest BCUT2D eigenvalue weighted by atomic mass is 9.84. The third-order valence-electron chi connectivity index (χ3n) is 9.69. The van der Waals surface area contributed by atoms with Crippen LogP contribution in [0.3, 0.4) is 0 Å². The molecule has 0 saturated heterocycles. The van der Waals surface area contributed by atoms with Gasteiger partial charge in [-0.15, -0.1) is 0 Å². The molecule has 0 bridgehead atoms. The maximum Gasteiger partial charge on any atom is -0.00261 e. The Morgan fingerprint density at radius 1 is 0.208 bits per heavy atom. The summed E-state index contributed by atoms with van der Waals surface area (Å²) in [5, 5.41) is 7.58. The molecule has 0 aromatic heterocycles. The first-order valence-electron chi connectivity index (χ1n) is 16.6. The Morgan fingerprint density at radius 2 is 0.625 bits per heavy atom. The van der Waals surface area contributed by atoms with E-state index in [0.717, 1.165) is 0 Å². The largest absolute Gasteiger partial charge is 0.0622 e. The Morgan fingerprint density at radius 3 is 1.27 bits per heavy atom. The number of rotatable bonds is 5. The molecule has 0 saturated carbocycles. The van der Waals surface area contributed by atoms with Crippen LogP contribution < -0.4 is 0 Å². The Kier molecular flexibility index (Phi) is 6.91. The minimum atomic E-state index is 1.22. The monoisotopic (exact) mass is 608 g/mol. The first kappa shape index (κ1) is 28.0. The van der Waals surface area contributed by atoms with Crippen LogP contribution in [-0.2, 0) is 0 Å². The molecule has 9 aromatic carbocycles. The molecule has 0 aliphatic rings. The van der Waals surface area contributed by atoms with Gasteiger partial charge in [-0.2, -0.15) is 0 Å². The second-order valence-corrected chi connectivity index (χ2v) is 12.5. The second kappa shape index (κ2) is 11.8. The summed E-state index contributed by atoms with van der Waals surface area (Å²) >= 11 is 0. The molecule has 0 spiro atoms. The quantitative estimate of drug-likeness (QED) is 0.171. The maximum absolute atomic E-state index is 2.39. The highest BCUT2D eigenvalue weighted by molar-refractivity contribution is 6.22. The summed E-state index contributed by atoms with van der Waals surface area (Å²) in [7, 11) is 0. The summed E-state index contributed by atoms with van der Waals surface area (Å²) in [6.07, 6.45) is 0. The standard InChI is InChI=1S/C48H32/c1-3-12-33(13-4-1)35-22-26-39(27-23-35)48-44-20-10-9-19-43(44)47(45-31-30-40(32-46(45)48)34-14-5-2-6-15-34)38-28-24-37(25-29-38)42-21-11-17-36-16-7-8-18-41(36)42/h1-32H. The van der Waals surface area contributed by atoms with Gasteiger partial charge in [0.05, 0.1) is 0 Å². The van der Waals surface area contributed by atoms with Crippen molar-refractivity contribution in [3.8, 4) is 55.6 Å². The van der Waals surface area contributed by atoms with Gasteiger partial charge in [0.25, 0.3) is 0 Å². The Balaban J connectivity index is 1.27. The molecule has 0 atom stereocenters. The fourth-order valence-electron chi connectivity index (χ4n) is 7.36. The van der Waals surface area contributed by atoms with Crippen LogP contribution in [0.2, 0.25) is 0 Å². The van der Waals surface area contributed by atoms with Gasteiger partial charge >= 0.3 is 0 Å². The van der Waals surface area contributed by atoms with E-state index in [1.54, 1.807) is 0 Å². The Labute approximate surface area is 281 Å². The molecular weight excluding hydrogens is 577 g/mol. The van der Waals surface area contributed by atoms with Gasteiger partial charge < -0.3 is 0 Å². The van der Waals surface area contributed by atoms with E-state index >= 15 is 0 Å². The molecule has 0 fully saturated rings. The highest BCUT2D eigenvalue weighted by atomic mass is 14.2. The fourth-order valence-corrected chi connectivity index (χ4v) is 7.36. The minimum Gasteiger partial charge on any atom is -0.0622 e. The zero-order valence-corrected chi connectivity index (χ0v) is 26.5. The molecule has 48 heavy (non-hydrogen) atoms. The lowest BCUT2D eigenvalue weighted by Crippen LogP contribution is -1.92. The normalized spacial score (nSPS) is 11.3. The van der Waals surface area contributed by atoms with Crippen molar-refractivity contribution in [1.82, 2.24) is 0 Å². The van der Waals surface area contributed by atoms with Crippen LogP contribution in [0.25, 0.3) is 88.0 Å². The predicted octanol–water partition coefficient (Wildman–Crippen LogP) is 13.5. The molecule has 0 N–H and O–H groups in total. The topological polar surface area (TPSA) is 0 Å². The van der Waals surface area contributed by atoms with Crippen LogP contribution in [0.5, 0.6) is 0 Å². The molecule has 0 amide bonds. The average molecular weight is 609 g/mol. The van der Waals surface area contributed by atoms with Gasteiger partial charge in [-0.05, 0) is 94.0 Å². The first-order chi connectivity index (χ1) is 23.8. The molecule has 9 rings (SSSR count). The summed E-state index contributed by atoms with van der Waals surface area (Å²) in [5.74, 6) is 0. The highest BCUT2D eigenvalue weighted by Gasteiger charge is 2.18. The minimum absolute atomic E-state index is 1.22. The van der Waals surface area contributed by atoms with Crippen molar-refractivity contribution in [3.63, 3.8) is 0 Å². The van der Waals surface area contributed by atoms with Gasteiger partial charge in [-0.3, -0.25) is 0 Å². The predicted molar refractivity (Wildman–Crippen MR) is 206 cm³/mol. The number of hydrogen-bond acceptors (Lipinski definition) is 0. The van der Waals surface area contributed by atoms with E-state index in [-0.39, 0.29) is 0 Å². The molecule has 0 heterocycles. The number of hydrogen-bond donors (Lipinski definition) is 0. The molecule has 9 aromatic rings. The SMILES string of the molecule is c1ccc(-c2ccc(-c3c4ccccc4c(-c4ccc(-c5cccc6ccccc56)cc4)c4ccc(-c5ccccc5)cc34)cc2)cc1. The second-order valence-electron chi connectivity index (χ2n) is 12.5. The molecular formula is C48H32. The van der Waals surface area contributed by atoms with E-state index in [4.69, 9.17) is 0 Å². The molecule has 0 heteroatoms. The van der Waals surface area contributed by atoms with Crippen molar-refractivity contribution in [2.45, 2.75) is 0 Å². The Hall–Kier alpha value is -6.24. The zero-order valence-electron chi connectivity index (χ0n) is 26.5. The molecule has 224 valence electrons. The van der Waals surface area contributed by atoms with E-state index in [0.29, 0.717) is 0 Å². The summed E-state index contributed by atoms with van der Waals surface area (Å²) < 4.78 is 0. The van der Waals surface area contributed by atoms with Crippen molar-refractivity contribution >= 4 is 32.3 Å². The highest BCUT2D eigenvalue weighted by Crippen LogP contribution is 2.45. The van der Waals surface area contributed by atoms with Crippen LogP contribution in [0.4, 0.5) is 0 Å². The molecule has 0 unspecified atom stereocenters. The average Bonchev–Trinajstić information content (AvgIpc) is 3.17. The van der Waals surface area contributed by atoms with E-state index in [1.165, 1.54) is 88.0 Å². The van der Waals surface area contributed by atoms with Crippen LogP contribution in [0.15, 0.2) is 194 Å². The summed E-state index contributed by atoms with van der Waals surface area (Å²) in [6, 6.07) is 70.7. The van der Waals surface area contributed by atoms with Crippen molar-refractivity contribution in [2.75, 3.05) is 0 Å². The van der Waals surface area contributed by atoms with Crippen molar-refractivity contribution < 1.29 is 0 Å². The molecule has 0 radical (unpaired) electrons. The fraction of sp³-hybridized carbons (Fsp3) is 0. The van der Waals surface area contributed by atoms with Gasteiger partial charge in [0.15, 0.2) is 0 Å². The van der Waals surface area contributed by atoms with Gasteiger partial charge in [-0.25, -0.2) is 0 Å². The van der Waals surface area contributed by atoms with Crippen LogP contribution in [0.1, 0.15) is 0 Å². The summed E-state index contributed by atoms with van der Waals surface area (Å²) in [5.41, 5.74) is 12.4. The van der Waals surface area contributed by atoms with E-state index < -0.39 is 0 Å². The maximum atomic E-state index is 2.39. The number of fused-ring (bicyclic) bond motifs is 3. The van der Waals surface area contributed by atoms with Crippen LogP contribution >= 0.6 is 0 Å². The molecule has 0 aliphatic heterocycles.